The van der Waals surface area contributed by atoms with Gasteiger partial charge in [0.25, 0.3) is 0 Å². The maximum Gasteiger partial charge on any atom is 0.339 e. The van der Waals surface area contributed by atoms with Crippen molar-refractivity contribution in [3.63, 3.8) is 0 Å². The number of carbonyl (C=O) groups is 1. The minimum absolute atomic E-state index is 0.0880. The van der Waals surface area contributed by atoms with Gasteiger partial charge in [0.1, 0.15) is 5.56 Å². The molecule has 3 heterocycles. The van der Waals surface area contributed by atoms with Crippen LogP contribution in [0.5, 0.6) is 0 Å². The third kappa shape index (κ3) is 1.96. The van der Waals surface area contributed by atoms with Gasteiger partial charge in [0.05, 0.1) is 30.0 Å². The Kier molecular flexibility index (Phi) is 2.82. The summed E-state index contributed by atoms with van der Waals surface area (Å²) in [5, 5.41) is 20.6. The highest BCUT2D eigenvalue weighted by Crippen LogP contribution is 2.26. The molecule has 0 bridgehead atoms. The Bertz CT molecular complexity index is 763. The van der Waals surface area contributed by atoms with E-state index in [0.717, 1.165) is 0 Å². The lowest BCUT2D eigenvalue weighted by molar-refractivity contribution is 0.0697. The first kappa shape index (κ1) is 12.2. The number of hydrogen-bond donors (Lipinski definition) is 2. The molecule has 0 unspecified atom stereocenters. The largest absolute Gasteiger partial charge is 0.478 e. The zero-order chi connectivity index (χ0) is 14.1. The molecule has 0 atom stereocenters. The van der Waals surface area contributed by atoms with Gasteiger partial charge in [-0.05, 0) is 0 Å². The zero-order valence-electron chi connectivity index (χ0n) is 10.6. The van der Waals surface area contributed by atoms with Crippen LogP contribution >= 0.6 is 0 Å². The van der Waals surface area contributed by atoms with E-state index < -0.39 is 5.97 Å². The number of aromatic nitrogens is 4. The summed E-state index contributed by atoms with van der Waals surface area (Å²) in [4.78, 5) is 15.4. The van der Waals surface area contributed by atoms with Crippen molar-refractivity contribution in [3.05, 3.63) is 36.0 Å². The molecule has 0 aromatic carbocycles. The van der Waals surface area contributed by atoms with Crippen LogP contribution in [0, 0.1) is 0 Å². The maximum atomic E-state index is 11.3. The molecule has 0 saturated heterocycles. The average molecular weight is 273 g/mol. The van der Waals surface area contributed by atoms with Crippen molar-refractivity contribution in [3.8, 4) is 0 Å². The fourth-order valence-corrected chi connectivity index (χ4v) is 1.96. The van der Waals surface area contributed by atoms with Crippen LogP contribution in [0.2, 0.25) is 0 Å². The van der Waals surface area contributed by atoms with Crippen LogP contribution in [0.1, 0.15) is 16.1 Å². The van der Waals surface area contributed by atoms with Crippen molar-refractivity contribution in [2.24, 2.45) is 7.05 Å². The van der Waals surface area contributed by atoms with E-state index in [1.54, 1.807) is 24.0 Å². The van der Waals surface area contributed by atoms with Gasteiger partial charge in [0, 0.05) is 19.3 Å². The number of nitrogens with one attached hydrogen (secondary N) is 1. The smallest absolute Gasteiger partial charge is 0.339 e. The molecule has 0 aliphatic heterocycles. The van der Waals surface area contributed by atoms with E-state index in [9.17, 15) is 9.90 Å². The van der Waals surface area contributed by atoms with Gasteiger partial charge < -0.3 is 14.9 Å². The topological polar surface area (TPSA) is 106 Å². The molecular formula is C12H11N5O3. The maximum absolute atomic E-state index is 11.3. The van der Waals surface area contributed by atoms with E-state index in [4.69, 9.17) is 4.52 Å². The van der Waals surface area contributed by atoms with Crippen molar-refractivity contribution in [1.29, 1.82) is 0 Å². The molecule has 0 fully saturated rings. The highest BCUT2D eigenvalue weighted by Gasteiger charge is 2.17. The van der Waals surface area contributed by atoms with Crippen molar-refractivity contribution >= 4 is 22.7 Å². The Hall–Kier alpha value is -2.90. The monoisotopic (exact) mass is 273 g/mol. The van der Waals surface area contributed by atoms with Crippen molar-refractivity contribution in [2.45, 2.75) is 6.54 Å². The third-order valence-corrected chi connectivity index (χ3v) is 2.92. The molecule has 2 N–H and O–H groups in total. The summed E-state index contributed by atoms with van der Waals surface area (Å²) in [6.07, 6.45) is 4.42. The molecular weight excluding hydrogens is 262 g/mol. The van der Waals surface area contributed by atoms with Crippen LogP contribution in [-0.2, 0) is 13.6 Å². The number of rotatable bonds is 4. The van der Waals surface area contributed by atoms with Crippen LogP contribution in [0.3, 0.4) is 0 Å². The summed E-state index contributed by atoms with van der Waals surface area (Å²) in [6.45, 7) is 0.328. The number of aryl methyl sites for hydroxylation is 1. The first-order valence-electron chi connectivity index (χ1n) is 5.84. The average Bonchev–Trinajstić information content (AvgIpc) is 3.06. The van der Waals surface area contributed by atoms with Gasteiger partial charge in [-0.25, -0.2) is 9.78 Å². The van der Waals surface area contributed by atoms with E-state index >= 15 is 0 Å². The summed E-state index contributed by atoms with van der Waals surface area (Å²) in [5.41, 5.74) is 1.16. The predicted molar refractivity (Wildman–Crippen MR) is 69.3 cm³/mol. The molecule has 3 aromatic rings. The van der Waals surface area contributed by atoms with Crippen LogP contribution in [0.4, 0.5) is 5.69 Å². The number of aromatic carboxylic acids is 1. The number of carboxylic acid groups (broad SMARTS) is 1. The lowest BCUT2D eigenvalue weighted by Gasteiger charge is -2.09. The van der Waals surface area contributed by atoms with Gasteiger partial charge in [-0.15, -0.1) is 0 Å². The van der Waals surface area contributed by atoms with Crippen molar-refractivity contribution < 1.29 is 14.4 Å². The van der Waals surface area contributed by atoms with Crippen molar-refractivity contribution in [1.82, 2.24) is 19.9 Å². The number of anilines is 1. The molecule has 20 heavy (non-hydrogen) atoms. The molecule has 102 valence electrons. The fraction of sp³-hybridized carbons (Fsp3) is 0.167. The van der Waals surface area contributed by atoms with Gasteiger partial charge in [-0.3, -0.25) is 4.68 Å². The molecule has 0 aliphatic carbocycles. The molecule has 0 radical (unpaired) electrons. The molecule has 0 spiro atoms. The second-order valence-electron chi connectivity index (χ2n) is 4.19. The Morgan fingerprint density at radius 2 is 2.35 bits per heavy atom. The van der Waals surface area contributed by atoms with E-state index in [1.165, 1.54) is 12.4 Å². The first-order valence-corrected chi connectivity index (χ1v) is 5.84. The Morgan fingerprint density at radius 1 is 1.50 bits per heavy atom. The normalized spacial score (nSPS) is 10.8. The van der Waals surface area contributed by atoms with E-state index in [0.29, 0.717) is 29.0 Å². The summed E-state index contributed by atoms with van der Waals surface area (Å²) < 4.78 is 6.56. The van der Waals surface area contributed by atoms with Gasteiger partial charge in [-0.2, -0.15) is 5.10 Å². The van der Waals surface area contributed by atoms with Crippen LogP contribution in [-0.4, -0.2) is 31.0 Å². The van der Waals surface area contributed by atoms with Crippen LogP contribution in [0.25, 0.3) is 11.0 Å². The molecule has 0 saturated carbocycles. The third-order valence-electron chi connectivity index (χ3n) is 2.92. The molecule has 3 aromatic heterocycles. The van der Waals surface area contributed by atoms with E-state index in [1.807, 2.05) is 0 Å². The first-order chi connectivity index (χ1) is 9.66. The lowest BCUT2D eigenvalue weighted by Crippen LogP contribution is -2.07. The molecule has 8 heteroatoms. The molecule has 0 amide bonds. The van der Waals surface area contributed by atoms with Gasteiger partial charge in [0.15, 0.2) is 11.4 Å². The van der Waals surface area contributed by atoms with E-state index in [-0.39, 0.29) is 5.56 Å². The second-order valence-corrected chi connectivity index (χ2v) is 4.19. The quantitative estimate of drug-likeness (QED) is 0.737. The highest BCUT2D eigenvalue weighted by atomic mass is 16.5. The number of carboxylic acids is 1. The number of fused-ring (bicyclic) bond motifs is 1. The Labute approximate surface area is 113 Å². The van der Waals surface area contributed by atoms with Gasteiger partial charge in [0.2, 0.25) is 0 Å². The summed E-state index contributed by atoms with van der Waals surface area (Å²) in [5.74, 6) is -0.446. The van der Waals surface area contributed by atoms with E-state index in [2.05, 4.69) is 20.6 Å². The highest BCUT2D eigenvalue weighted by molar-refractivity contribution is 6.03. The second kappa shape index (κ2) is 4.65. The zero-order valence-corrected chi connectivity index (χ0v) is 10.6. The molecule has 3 rings (SSSR count). The fourth-order valence-electron chi connectivity index (χ4n) is 1.96. The van der Waals surface area contributed by atoms with Crippen LogP contribution in [0.15, 0.2) is 29.2 Å². The Morgan fingerprint density at radius 3 is 3.05 bits per heavy atom. The molecule has 0 aliphatic rings. The number of nitrogens with zero attached hydrogens (tertiary/aromatic N) is 4. The van der Waals surface area contributed by atoms with Gasteiger partial charge >= 0.3 is 5.97 Å². The van der Waals surface area contributed by atoms with Crippen molar-refractivity contribution in [2.75, 3.05) is 5.32 Å². The van der Waals surface area contributed by atoms with Gasteiger partial charge in [-0.1, -0.05) is 5.16 Å². The SMILES string of the molecule is Cn1ncc2c(NCc3ccno3)c(C(=O)O)cnc21. The summed E-state index contributed by atoms with van der Waals surface area (Å²) >= 11 is 0. The number of hydrogen-bond acceptors (Lipinski definition) is 6. The predicted octanol–water partition coefficient (Wildman–Crippen LogP) is 1.27. The Balaban J connectivity index is 2.05. The lowest BCUT2D eigenvalue weighted by atomic mass is 10.2. The minimum atomic E-state index is -1.05. The van der Waals surface area contributed by atoms with Crippen LogP contribution < -0.4 is 5.32 Å². The number of pyridine rings is 1. The standard InChI is InChI=1S/C12H11N5O3/c1-17-11-8(6-15-17)10(9(5-14-11)12(18)19)13-4-7-2-3-16-20-7/h2-3,5-6H,4H2,1H3,(H,13,14)(H,18,19). The molecule has 8 nitrogen and oxygen atoms in total. The summed E-state index contributed by atoms with van der Waals surface area (Å²) in [7, 11) is 1.75. The minimum Gasteiger partial charge on any atom is -0.478 e. The summed E-state index contributed by atoms with van der Waals surface area (Å²) in [6, 6.07) is 1.70.